The van der Waals surface area contributed by atoms with Gasteiger partial charge in [0.1, 0.15) is 0 Å². The zero-order valence-electron chi connectivity index (χ0n) is 15.4. The van der Waals surface area contributed by atoms with Crippen molar-refractivity contribution in [3.63, 3.8) is 0 Å². The summed E-state index contributed by atoms with van der Waals surface area (Å²) in [4.78, 5) is 47.3. The highest BCUT2D eigenvalue weighted by Crippen LogP contribution is 2.43. The summed E-state index contributed by atoms with van der Waals surface area (Å²) in [6.07, 6.45) is 0. The summed E-state index contributed by atoms with van der Waals surface area (Å²) < 4.78 is 4.85. The van der Waals surface area contributed by atoms with E-state index in [1.807, 2.05) is 0 Å². The van der Waals surface area contributed by atoms with Gasteiger partial charge in [-0.25, -0.2) is 0 Å². The van der Waals surface area contributed by atoms with Gasteiger partial charge in [0.2, 0.25) is 0 Å². The summed E-state index contributed by atoms with van der Waals surface area (Å²) in [7, 11) is 0. The average Bonchev–Trinajstić information content (AvgIpc) is 2.37. The molecule has 0 unspecified atom stereocenters. The minimum absolute atomic E-state index is 0. The largest absolute Gasteiger partial charge is 0.481 e. The number of aliphatic carboxylic acids is 2. The smallest absolute Gasteiger partial charge is 0.320 e. The molecule has 0 bridgehead atoms. The maximum atomic E-state index is 12.3. The molecule has 140 valence electrons. The number of carboxylic acids is 2. The third-order valence-corrected chi connectivity index (χ3v) is 5.40. The molecule has 0 heterocycles. The van der Waals surface area contributed by atoms with E-state index < -0.39 is 45.5 Å². The number of rotatable bonds is 6. The van der Waals surface area contributed by atoms with Gasteiger partial charge in [-0.2, -0.15) is 0 Å². The Bertz CT molecular complexity index is 492. The first-order valence-corrected chi connectivity index (χ1v) is 7.17. The fraction of sp³-hybridized carbons (Fsp3) is 0.750. The van der Waals surface area contributed by atoms with Gasteiger partial charge in [0.15, 0.2) is 0 Å². The number of carbonyl (C=O) groups excluding carboxylic acids is 2. The SMILES string of the molecule is CC(C)(C(=O)O)C(C)(C)C(=O)OC(=O)C(C)(C)C(C)(C)C(=O)O.O. The van der Waals surface area contributed by atoms with Crippen LogP contribution in [-0.2, 0) is 23.9 Å². The standard InChI is InChI=1S/C16H26O7.H2O/c1-13(2,9(17)18)15(5,6)11(21)23-12(22)16(7,8)14(3,4)10(19)20;/h1-8H3,(H,17,18)(H,19,20);1H2. The van der Waals surface area contributed by atoms with Crippen LogP contribution in [0, 0.1) is 21.7 Å². The summed E-state index contributed by atoms with van der Waals surface area (Å²) in [6.45, 7) is 10.9. The molecule has 0 spiro atoms. The minimum atomic E-state index is -1.49. The quantitative estimate of drug-likeness (QED) is 0.545. The number of hydrogen-bond acceptors (Lipinski definition) is 5. The Kier molecular flexibility index (Phi) is 6.97. The fourth-order valence-corrected chi connectivity index (χ4v) is 1.38. The molecule has 0 aliphatic carbocycles. The summed E-state index contributed by atoms with van der Waals surface area (Å²) in [6, 6.07) is 0. The van der Waals surface area contributed by atoms with Crippen LogP contribution in [0.1, 0.15) is 55.4 Å². The van der Waals surface area contributed by atoms with Crippen molar-refractivity contribution in [2.75, 3.05) is 0 Å². The van der Waals surface area contributed by atoms with E-state index in [0.29, 0.717) is 0 Å². The topological polar surface area (TPSA) is 149 Å². The Hall–Kier alpha value is -1.96. The molecule has 4 N–H and O–H groups in total. The number of carbonyl (C=O) groups is 4. The van der Waals surface area contributed by atoms with E-state index in [0.717, 1.165) is 0 Å². The maximum Gasteiger partial charge on any atom is 0.320 e. The molecule has 0 aliphatic heterocycles. The van der Waals surface area contributed by atoms with Crippen LogP contribution in [0.3, 0.4) is 0 Å². The van der Waals surface area contributed by atoms with Gasteiger partial charge in [0.25, 0.3) is 0 Å². The highest BCUT2D eigenvalue weighted by Gasteiger charge is 2.54. The normalized spacial score (nSPS) is 12.8. The molecule has 0 saturated carbocycles. The Balaban J connectivity index is 0. The molecule has 0 aromatic carbocycles. The fourth-order valence-electron chi connectivity index (χ4n) is 1.38. The van der Waals surface area contributed by atoms with Crippen molar-refractivity contribution in [1.82, 2.24) is 0 Å². The highest BCUT2D eigenvalue weighted by molar-refractivity contribution is 5.96. The first kappa shape index (κ1) is 24.3. The maximum absolute atomic E-state index is 12.3. The number of ether oxygens (including phenoxy) is 1. The van der Waals surface area contributed by atoms with Crippen molar-refractivity contribution in [3.8, 4) is 0 Å². The average molecular weight is 348 g/mol. The predicted molar refractivity (Wildman–Crippen MR) is 85.1 cm³/mol. The van der Waals surface area contributed by atoms with Crippen LogP contribution in [0.5, 0.6) is 0 Å². The van der Waals surface area contributed by atoms with Gasteiger partial charge in [-0.1, -0.05) is 0 Å². The van der Waals surface area contributed by atoms with Gasteiger partial charge < -0.3 is 20.4 Å². The van der Waals surface area contributed by atoms with Crippen molar-refractivity contribution in [3.05, 3.63) is 0 Å². The van der Waals surface area contributed by atoms with Crippen LogP contribution >= 0.6 is 0 Å². The number of esters is 2. The van der Waals surface area contributed by atoms with E-state index in [-0.39, 0.29) is 5.48 Å². The van der Waals surface area contributed by atoms with Gasteiger partial charge in [-0.05, 0) is 55.4 Å². The van der Waals surface area contributed by atoms with Crippen molar-refractivity contribution in [1.29, 1.82) is 0 Å². The van der Waals surface area contributed by atoms with Gasteiger partial charge >= 0.3 is 23.9 Å². The highest BCUT2D eigenvalue weighted by atomic mass is 16.6. The Morgan fingerprint density at radius 3 is 0.958 bits per heavy atom. The molecule has 0 fully saturated rings. The second kappa shape index (κ2) is 6.88. The lowest BCUT2D eigenvalue weighted by atomic mass is 9.67. The molecule has 0 aliphatic rings. The second-order valence-corrected chi connectivity index (χ2v) is 7.79. The van der Waals surface area contributed by atoms with Gasteiger partial charge in [0, 0.05) is 0 Å². The zero-order chi connectivity index (χ0) is 19.0. The Morgan fingerprint density at radius 2 is 0.792 bits per heavy atom. The first-order valence-electron chi connectivity index (χ1n) is 7.17. The molecule has 0 radical (unpaired) electrons. The Labute approximate surface area is 141 Å². The van der Waals surface area contributed by atoms with Crippen LogP contribution < -0.4 is 0 Å². The predicted octanol–water partition coefficient (Wildman–Crippen LogP) is 1.51. The van der Waals surface area contributed by atoms with E-state index in [1.54, 1.807) is 0 Å². The third kappa shape index (κ3) is 3.75. The molecule has 24 heavy (non-hydrogen) atoms. The lowest BCUT2D eigenvalue weighted by molar-refractivity contribution is -0.187. The van der Waals surface area contributed by atoms with E-state index in [2.05, 4.69) is 0 Å². The van der Waals surface area contributed by atoms with Crippen LogP contribution in [-0.4, -0.2) is 39.6 Å². The summed E-state index contributed by atoms with van der Waals surface area (Å²) in [5.41, 5.74) is -5.93. The van der Waals surface area contributed by atoms with Crippen molar-refractivity contribution < 1.29 is 39.6 Å². The molecule has 0 amide bonds. The molecular weight excluding hydrogens is 320 g/mol. The summed E-state index contributed by atoms with van der Waals surface area (Å²) in [5, 5.41) is 18.5. The molecule has 0 saturated heterocycles. The summed E-state index contributed by atoms with van der Waals surface area (Å²) >= 11 is 0. The van der Waals surface area contributed by atoms with Crippen molar-refractivity contribution >= 4 is 23.9 Å². The molecule has 0 aromatic rings. The van der Waals surface area contributed by atoms with Gasteiger partial charge in [-0.3, -0.25) is 19.2 Å². The van der Waals surface area contributed by atoms with Gasteiger partial charge in [-0.15, -0.1) is 0 Å². The molecule has 8 heteroatoms. The van der Waals surface area contributed by atoms with Gasteiger partial charge in [0.05, 0.1) is 21.7 Å². The lowest BCUT2D eigenvalue weighted by Gasteiger charge is -2.38. The van der Waals surface area contributed by atoms with Crippen molar-refractivity contribution in [2.24, 2.45) is 21.7 Å². The second-order valence-electron chi connectivity index (χ2n) is 7.79. The molecule has 0 aromatic heterocycles. The molecule has 8 nitrogen and oxygen atoms in total. The van der Waals surface area contributed by atoms with E-state index >= 15 is 0 Å². The first-order chi connectivity index (χ1) is 9.94. The Morgan fingerprint density at radius 1 is 0.583 bits per heavy atom. The third-order valence-electron chi connectivity index (χ3n) is 5.40. The van der Waals surface area contributed by atoms with E-state index in [1.165, 1.54) is 55.4 Å². The molecular formula is C16H28O8. The minimum Gasteiger partial charge on any atom is -0.481 e. The van der Waals surface area contributed by atoms with Crippen LogP contribution in [0.25, 0.3) is 0 Å². The van der Waals surface area contributed by atoms with E-state index in [4.69, 9.17) is 4.74 Å². The van der Waals surface area contributed by atoms with Crippen LogP contribution in [0.2, 0.25) is 0 Å². The number of carboxylic acid groups (broad SMARTS) is 2. The zero-order valence-corrected chi connectivity index (χ0v) is 15.4. The lowest BCUT2D eigenvalue weighted by Crippen LogP contribution is -2.50. The number of hydrogen-bond donors (Lipinski definition) is 2. The molecule has 0 rings (SSSR count). The van der Waals surface area contributed by atoms with Crippen LogP contribution in [0.4, 0.5) is 0 Å². The van der Waals surface area contributed by atoms with Crippen LogP contribution in [0.15, 0.2) is 0 Å². The molecule has 0 atom stereocenters. The van der Waals surface area contributed by atoms with E-state index in [9.17, 15) is 29.4 Å². The van der Waals surface area contributed by atoms with Crippen molar-refractivity contribution in [2.45, 2.75) is 55.4 Å². The monoisotopic (exact) mass is 348 g/mol. The summed E-state index contributed by atoms with van der Waals surface area (Å²) in [5.74, 6) is -4.44.